The van der Waals surface area contributed by atoms with Crippen LogP contribution in [0, 0.1) is 5.92 Å². The van der Waals surface area contributed by atoms with Crippen LogP contribution in [0.3, 0.4) is 0 Å². The first-order valence-corrected chi connectivity index (χ1v) is 7.53. The molecule has 6 heteroatoms. The van der Waals surface area contributed by atoms with Crippen molar-refractivity contribution in [1.29, 1.82) is 0 Å². The van der Waals surface area contributed by atoms with Crippen molar-refractivity contribution in [1.82, 2.24) is 9.80 Å². The second kappa shape index (κ2) is 6.64. The van der Waals surface area contributed by atoms with Crippen LogP contribution in [0.1, 0.15) is 41.0 Å². The molecule has 1 heterocycles. The van der Waals surface area contributed by atoms with E-state index < -0.39 is 11.6 Å². The van der Waals surface area contributed by atoms with E-state index in [0.29, 0.717) is 13.1 Å². The van der Waals surface area contributed by atoms with E-state index in [1.807, 2.05) is 34.6 Å². The highest BCUT2D eigenvalue weighted by Gasteiger charge is 2.34. The van der Waals surface area contributed by atoms with Gasteiger partial charge in [-0.3, -0.25) is 4.79 Å². The van der Waals surface area contributed by atoms with Crippen LogP contribution in [-0.4, -0.2) is 59.6 Å². The molecule has 1 saturated heterocycles. The molecular weight excluding hydrogens is 270 g/mol. The summed E-state index contributed by atoms with van der Waals surface area (Å²) in [6, 6.07) is -0.486. The van der Waals surface area contributed by atoms with Gasteiger partial charge in [0.25, 0.3) is 0 Å². The van der Waals surface area contributed by atoms with E-state index >= 15 is 0 Å². The summed E-state index contributed by atoms with van der Waals surface area (Å²) in [7, 11) is 1.76. The Kier molecular flexibility index (Phi) is 5.61. The van der Waals surface area contributed by atoms with Crippen molar-refractivity contribution >= 4 is 12.0 Å². The third-order valence-corrected chi connectivity index (χ3v) is 3.71. The smallest absolute Gasteiger partial charge is 0.410 e. The zero-order valence-corrected chi connectivity index (χ0v) is 14.0. The molecule has 0 bridgehead atoms. The lowest BCUT2D eigenvalue weighted by Gasteiger charge is -2.29. The second-order valence-electron chi connectivity index (χ2n) is 7.09. The summed E-state index contributed by atoms with van der Waals surface area (Å²) in [5.74, 6) is 0.0318. The number of amides is 2. The van der Waals surface area contributed by atoms with Crippen LogP contribution < -0.4 is 5.73 Å². The number of ether oxygens (including phenoxy) is 1. The second-order valence-corrected chi connectivity index (χ2v) is 7.09. The summed E-state index contributed by atoms with van der Waals surface area (Å²) in [4.78, 5) is 27.6. The number of likely N-dealkylation sites (tertiary alicyclic amines) is 1. The molecule has 0 radical (unpaired) electrons. The van der Waals surface area contributed by atoms with Crippen molar-refractivity contribution in [2.24, 2.45) is 11.7 Å². The molecule has 0 spiro atoms. The van der Waals surface area contributed by atoms with Gasteiger partial charge in [0.05, 0.1) is 12.1 Å². The van der Waals surface area contributed by atoms with Crippen LogP contribution in [-0.2, 0) is 9.53 Å². The highest BCUT2D eigenvalue weighted by Crippen LogP contribution is 2.19. The average molecular weight is 299 g/mol. The molecule has 0 saturated carbocycles. The van der Waals surface area contributed by atoms with Crippen molar-refractivity contribution in [2.45, 2.75) is 58.7 Å². The van der Waals surface area contributed by atoms with Crippen molar-refractivity contribution in [3.05, 3.63) is 0 Å². The minimum atomic E-state index is -0.503. The molecule has 2 N–H and O–H groups in total. The highest BCUT2D eigenvalue weighted by atomic mass is 16.6. The van der Waals surface area contributed by atoms with E-state index in [1.54, 1.807) is 16.8 Å². The Balaban J connectivity index is 2.58. The topological polar surface area (TPSA) is 75.9 Å². The largest absolute Gasteiger partial charge is 0.444 e. The van der Waals surface area contributed by atoms with Gasteiger partial charge in [-0.25, -0.2) is 4.79 Å². The van der Waals surface area contributed by atoms with E-state index in [1.165, 1.54) is 0 Å². The lowest BCUT2D eigenvalue weighted by atomic mass is 10.0. The monoisotopic (exact) mass is 299 g/mol. The van der Waals surface area contributed by atoms with Gasteiger partial charge in [-0.15, -0.1) is 0 Å². The van der Waals surface area contributed by atoms with Crippen LogP contribution in [0.5, 0.6) is 0 Å². The molecule has 0 aromatic rings. The Bertz CT molecular complexity index is 390. The molecule has 6 nitrogen and oxygen atoms in total. The van der Waals surface area contributed by atoms with Gasteiger partial charge in [0.2, 0.25) is 5.91 Å². The third kappa shape index (κ3) is 4.88. The van der Waals surface area contributed by atoms with Gasteiger partial charge in [-0.1, -0.05) is 13.8 Å². The Morgan fingerprint density at radius 1 is 1.33 bits per heavy atom. The molecule has 1 aliphatic heterocycles. The lowest BCUT2D eigenvalue weighted by Crippen LogP contribution is -2.49. The molecule has 1 aliphatic rings. The van der Waals surface area contributed by atoms with E-state index in [2.05, 4.69) is 0 Å². The number of nitrogens with zero attached hydrogens (tertiary/aromatic N) is 2. The highest BCUT2D eigenvalue weighted by molar-refractivity contribution is 5.82. The summed E-state index contributed by atoms with van der Waals surface area (Å²) in [5, 5.41) is 0. The van der Waals surface area contributed by atoms with E-state index in [0.717, 1.165) is 6.42 Å². The van der Waals surface area contributed by atoms with Gasteiger partial charge in [0.1, 0.15) is 5.60 Å². The predicted molar refractivity (Wildman–Crippen MR) is 81.8 cm³/mol. The average Bonchev–Trinajstić information content (AvgIpc) is 2.83. The fraction of sp³-hybridized carbons (Fsp3) is 0.867. The summed E-state index contributed by atoms with van der Waals surface area (Å²) < 4.78 is 5.35. The van der Waals surface area contributed by atoms with Gasteiger partial charge >= 0.3 is 6.09 Å². The van der Waals surface area contributed by atoms with E-state index in [4.69, 9.17) is 10.5 Å². The molecular formula is C15H29N3O3. The van der Waals surface area contributed by atoms with Gasteiger partial charge < -0.3 is 20.3 Å². The molecule has 0 aromatic heterocycles. The van der Waals surface area contributed by atoms with E-state index in [9.17, 15) is 9.59 Å². The predicted octanol–water partition coefficient (Wildman–Crippen LogP) is 1.44. The first-order valence-electron chi connectivity index (χ1n) is 7.53. The number of nitrogens with two attached hydrogens (primary N) is 1. The fourth-order valence-electron chi connectivity index (χ4n) is 2.25. The van der Waals surface area contributed by atoms with E-state index in [-0.39, 0.29) is 24.0 Å². The quantitative estimate of drug-likeness (QED) is 0.855. The minimum Gasteiger partial charge on any atom is -0.444 e. The molecule has 2 unspecified atom stereocenters. The first kappa shape index (κ1) is 17.8. The lowest BCUT2D eigenvalue weighted by molar-refractivity contribution is -0.134. The number of hydrogen-bond donors (Lipinski definition) is 1. The summed E-state index contributed by atoms with van der Waals surface area (Å²) >= 11 is 0. The van der Waals surface area contributed by atoms with Crippen LogP contribution in [0.2, 0.25) is 0 Å². The number of rotatable bonds is 3. The van der Waals surface area contributed by atoms with Gasteiger partial charge in [-0.05, 0) is 33.1 Å². The Hall–Kier alpha value is -1.30. The number of carbonyl (C=O) groups excluding carboxylic acids is 2. The maximum Gasteiger partial charge on any atom is 0.410 e. The Morgan fingerprint density at radius 2 is 1.90 bits per heavy atom. The summed E-state index contributed by atoms with van der Waals surface area (Å²) in [6.07, 6.45) is 0.436. The van der Waals surface area contributed by atoms with Gasteiger partial charge in [0, 0.05) is 20.1 Å². The maximum atomic E-state index is 12.2. The zero-order chi connectivity index (χ0) is 16.4. The van der Waals surface area contributed by atoms with Crippen LogP contribution in [0.25, 0.3) is 0 Å². The van der Waals surface area contributed by atoms with Gasteiger partial charge in [-0.2, -0.15) is 0 Å². The molecule has 0 aromatic carbocycles. The van der Waals surface area contributed by atoms with Crippen molar-refractivity contribution in [3.8, 4) is 0 Å². The molecule has 1 rings (SSSR count). The normalized spacial score (nSPS) is 20.6. The Labute approximate surface area is 127 Å². The van der Waals surface area contributed by atoms with Crippen molar-refractivity contribution in [3.63, 3.8) is 0 Å². The van der Waals surface area contributed by atoms with Gasteiger partial charge in [0.15, 0.2) is 0 Å². The summed E-state index contributed by atoms with van der Waals surface area (Å²) in [5.41, 5.74) is 5.41. The van der Waals surface area contributed by atoms with Crippen LogP contribution in [0.4, 0.5) is 4.79 Å². The molecule has 21 heavy (non-hydrogen) atoms. The Morgan fingerprint density at radius 3 is 2.38 bits per heavy atom. The molecule has 0 aliphatic carbocycles. The SMILES string of the molecule is CC(C)C(N)C(=O)N(C)C1CCN(C(=O)OC(C)(C)C)C1. The fourth-order valence-corrected chi connectivity index (χ4v) is 2.25. The molecule has 2 amide bonds. The number of carbonyl (C=O) groups is 2. The van der Waals surface area contributed by atoms with Crippen molar-refractivity contribution < 1.29 is 14.3 Å². The maximum absolute atomic E-state index is 12.2. The number of likely N-dealkylation sites (N-methyl/N-ethyl adjacent to an activating group) is 1. The molecule has 122 valence electrons. The van der Waals surface area contributed by atoms with Crippen LogP contribution >= 0.6 is 0 Å². The van der Waals surface area contributed by atoms with Crippen LogP contribution in [0.15, 0.2) is 0 Å². The zero-order valence-electron chi connectivity index (χ0n) is 14.0. The molecule has 2 atom stereocenters. The van der Waals surface area contributed by atoms with Crippen molar-refractivity contribution in [2.75, 3.05) is 20.1 Å². The number of hydrogen-bond acceptors (Lipinski definition) is 4. The molecule has 1 fully saturated rings. The summed E-state index contributed by atoms with van der Waals surface area (Å²) in [6.45, 7) is 10.5. The minimum absolute atomic E-state index is 0.00909. The third-order valence-electron chi connectivity index (χ3n) is 3.71. The standard InChI is InChI=1S/C15H29N3O3/c1-10(2)12(16)13(19)17(6)11-7-8-18(9-11)14(20)21-15(3,4)5/h10-12H,7-9,16H2,1-6H3. The first-order chi connectivity index (χ1) is 9.53.